The maximum absolute atomic E-state index is 12.4. The molecule has 28 heavy (non-hydrogen) atoms. The molecular formula is C20H24N2O5S. The predicted molar refractivity (Wildman–Crippen MR) is 108 cm³/mol. The highest BCUT2D eigenvalue weighted by atomic mass is 32.2. The van der Waals surface area contributed by atoms with E-state index in [1.807, 2.05) is 0 Å². The standard InChI is InChI=1S/C20H24N2O5S/c1-26-18-7-9-19(10-8-18)27-13-11-21-20(23)16-5-4-6-17(15-16)22-12-2-3-14-28(22,24)25/h4-10,15H,2-3,11-14H2,1H3,(H,21,23). The van der Waals surface area contributed by atoms with E-state index in [4.69, 9.17) is 9.47 Å². The van der Waals surface area contributed by atoms with Crippen LogP contribution < -0.4 is 19.1 Å². The number of methoxy groups -OCH3 is 1. The maximum atomic E-state index is 12.4. The van der Waals surface area contributed by atoms with Gasteiger partial charge in [0.2, 0.25) is 10.0 Å². The molecule has 0 atom stereocenters. The number of ether oxygens (including phenoxy) is 2. The largest absolute Gasteiger partial charge is 0.497 e. The lowest BCUT2D eigenvalue weighted by molar-refractivity contribution is 0.0947. The number of sulfonamides is 1. The van der Waals surface area contributed by atoms with Crippen molar-refractivity contribution in [3.05, 3.63) is 54.1 Å². The normalized spacial score (nSPS) is 15.7. The van der Waals surface area contributed by atoms with Crippen molar-refractivity contribution in [3.63, 3.8) is 0 Å². The Bertz CT molecular complexity index is 912. The van der Waals surface area contributed by atoms with Gasteiger partial charge >= 0.3 is 0 Å². The quantitative estimate of drug-likeness (QED) is 0.717. The lowest BCUT2D eigenvalue weighted by atomic mass is 10.2. The molecule has 0 aromatic heterocycles. The molecule has 0 spiro atoms. The molecule has 1 aliphatic heterocycles. The molecular weight excluding hydrogens is 380 g/mol. The van der Waals surface area contributed by atoms with Crippen LogP contribution in [-0.4, -0.2) is 46.9 Å². The SMILES string of the molecule is COc1ccc(OCCNC(=O)c2cccc(N3CCCCS3(=O)=O)c2)cc1. The van der Waals surface area contributed by atoms with Crippen molar-refractivity contribution in [2.45, 2.75) is 12.8 Å². The Morgan fingerprint density at radius 3 is 2.57 bits per heavy atom. The Kier molecular flexibility index (Phi) is 6.41. The first-order chi connectivity index (χ1) is 13.5. The number of benzene rings is 2. The predicted octanol–water partition coefficient (Wildman–Crippen LogP) is 2.43. The number of hydrogen-bond donors (Lipinski definition) is 1. The summed E-state index contributed by atoms with van der Waals surface area (Å²) in [6, 6.07) is 13.9. The van der Waals surface area contributed by atoms with E-state index in [-0.39, 0.29) is 11.7 Å². The third-order valence-corrected chi connectivity index (χ3v) is 6.33. The summed E-state index contributed by atoms with van der Waals surface area (Å²) in [5, 5.41) is 2.79. The van der Waals surface area contributed by atoms with Crippen molar-refractivity contribution in [1.82, 2.24) is 5.32 Å². The second-order valence-electron chi connectivity index (χ2n) is 6.43. The van der Waals surface area contributed by atoms with Gasteiger partial charge in [0.05, 0.1) is 25.1 Å². The number of hydrogen-bond acceptors (Lipinski definition) is 5. The molecule has 0 aliphatic carbocycles. The number of carbonyl (C=O) groups is 1. The highest BCUT2D eigenvalue weighted by Crippen LogP contribution is 2.24. The van der Waals surface area contributed by atoms with Gasteiger partial charge in [-0.3, -0.25) is 9.10 Å². The van der Waals surface area contributed by atoms with Crippen LogP contribution in [0.4, 0.5) is 5.69 Å². The molecule has 0 saturated carbocycles. The second-order valence-corrected chi connectivity index (χ2v) is 8.44. The van der Waals surface area contributed by atoms with Crippen LogP contribution in [0.15, 0.2) is 48.5 Å². The summed E-state index contributed by atoms with van der Waals surface area (Å²) in [5.41, 5.74) is 0.949. The van der Waals surface area contributed by atoms with E-state index in [0.29, 0.717) is 43.1 Å². The molecule has 2 aromatic rings. The van der Waals surface area contributed by atoms with Gasteiger partial charge in [0.25, 0.3) is 5.91 Å². The van der Waals surface area contributed by atoms with Gasteiger partial charge in [-0.05, 0) is 55.3 Å². The average molecular weight is 404 g/mol. The first-order valence-electron chi connectivity index (χ1n) is 9.15. The van der Waals surface area contributed by atoms with E-state index in [1.54, 1.807) is 55.6 Å². The van der Waals surface area contributed by atoms with Gasteiger partial charge in [0, 0.05) is 12.1 Å². The Hall–Kier alpha value is -2.74. The number of carbonyl (C=O) groups excluding carboxylic acids is 1. The molecule has 0 bridgehead atoms. The van der Waals surface area contributed by atoms with E-state index >= 15 is 0 Å². The first-order valence-corrected chi connectivity index (χ1v) is 10.8. The summed E-state index contributed by atoms with van der Waals surface area (Å²) >= 11 is 0. The van der Waals surface area contributed by atoms with Gasteiger partial charge in [0.1, 0.15) is 18.1 Å². The summed E-state index contributed by atoms with van der Waals surface area (Å²) in [5.74, 6) is 1.31. The number of nitrogens with zero attached hydrogens (tertiary/aromatic N) is 1. The summed E-state index contributed by atoms with van der Waals surface area (Å²) < 4.78 is 36.6. The molecule has 1 amide bonds. The monoisotopic (exact) mass is 404 g/mol. The fourth-order valence-electron chi connectivity index (χ4n) is 2.99. The van der Waals surface area contributed by atoms with Gasteiger partial charge in [-0.1, -0.05) is 6.07 Å². The molecule has 1 fully saturated rings. The second kappa shape index (κ2) is 8.97. The van der Waals surface area contributed by atoms with E-state index in [2.05, 4.69) is 5.32 Å². The molecule has 1 aliphatic rings. The van der Waals surface area contributed by atoms with Gasteiger partial charge in [-0.25, -0.2) is 8.42 Å². The molecule has 1 N–H and O–H groups in total. The van der Waals surface area contributed by atoms with Crippen LogP contribution >= 0.6 is 0 Å². The van der Waals surface area contributed by atoms with Crippen LogP contribution in [0, 0.1) is 0 Å². The third-order valence-electron chi connectivity index (χ3n) is 4.46. The summed E-state index contributed by atoms with van der Waals surface area (Å²) in [6.45, 7) is 1.10. The fourth-order valence-corrected chi connectivity index (χ4v) is 4.62. The van der Waals surface area contributed by atoms with Crippen LogP contribution in [0.1, 0.15) is 23.2 Å². The fraction of sp³-hybridized carbons (Fsp3) is 0.350. The number of amides is 1. The minimum absolute atomic E-state index is 0.145. The van der Waals surface area contributed by atoms with Crippen LogP contribution in [0.2, 0.25) is 0 Å². The zero-order valence-electron chi connectivity index (χ0n) is 15.8. The molecule has 3 rings (SSSR count). The maximum Gasteiger partial charge on any atom is 0.251 e. The topological polar surface area (TPSA) is 84.9 Å². The van der Waals surface area contributed by atoms with E-state index in [9.17, 15) is 13.2 Å². The average Bonchev–Trinajstić information content (AvgIpc) is 2.71. The van der Waals surface area contributed by atoms with Crippen LogP contribution in [0.3, 0.4) is 0 Å². The molecule has 0 unspecified atom stereocenters. The van der Waals surface area contributed by atoms with E-state index in [1.165, 1.54) is 4.31 Å². The molecule has 8 heteroatoms. The summed E-state index contributed by atoms with van der Waals surface area (Å²) in [6.07, 6.45) is 1.49. The smallest absolute Gasteiger partial charge is 0.251 e. The van der Waals surface area contributed by atoms with Crippen molar-refractivity contribution < 1.29 is 22.7 Å². The first kappa shape index (κ1) is 20.0. The van der Waals surface area contributed by atoms with E-state index in [0.717, 1.165) is 12.2 Å². The number of nitrogens with one attached hydrogen (secondary N) is 1. The van der Waals surface area contributed by atoms with Crippen molar-refractivity contribution in [2.75, 3.05) is 36.9 Å². The van der Waals surface area contributed by atoms with Gasteiger partial charge < -0.3 is 14.8 Å². The van der Waals surface area contributed by atoms with Crippen molar-refractivity contribution >= 4 is 21.6 Å². The van der Waals surface area contributed by atoms with Crippen molar-refractivity contribution in [3.8, 4) is 11.5 Å². The van der Waals surface area contributed by atoms with E-state index < -0.39 is 10.0 Å². The highest BCUT2D eigenvalue weighted by Gasteiger charge is 2.26. The highest BCUT2D eigenvalue weighted by molar-refractivity contribution is 7.92. The van der Waals surface area contributed by atoms with Crippen LogP contribution in [0.25, 0.3) is 0 Å². The molecule has 2 aromatic carbocycles. The zero-order valence-corrected chi connectivity index (χ0v) is 16.6. The molecule has 150 valence electrons. The van der Waals surface area contributed by atoms with Crippen molar-refractivity contribution in [1.29, 1.82) is 0 Å². The summed E-state index contributed by atoms with van der Waals surface area (Å²) in [7, 11) is -1.70. The number of anilines is 1. The molecule has 1 saturated heterocycles. The lowest BCUT2D eigenvalue weighted by Gasteiger charge is -2.28. The Balaban J connectivity index is 1.54. The summed E-state index contributed by atoms with van der Waals surface area (Å²) in [4.78, 5) is 12.4. The van der Waals surface area contributed by atoms with Crippen molar-refractivity contribution in [2.24, 2.45) is 0 Å². The van der Waals surface area contributed by atoms with Gasteiger partial charge in [0.15, 0.2) is 0 Å². The zero-order chi connectivity index (χ0) is 20.0. The lowest BCUT2D eigenvalue weighted by Crippen LogP contribution is -2.38. The number of rotatable bonds is 7. The molecule has 0 radical (unpaired) electrons. The van der Waals surface area contributed by atoms with Crippen LogP contribution in [0.5, 0.6) is 11.5 Å². The Labute approximate surface area is 165 Å². The third kappa shape index (κ3) is 4.95. The minimum atomic E-state index is -3.30. The molecule has 7 nitrogen and oxygen atoms in total. The Morgan fingerprint density at radius 2 is 1.86 bits per heavy atom. The minimum Gasteiger partial charge on any atom is -0.497 e. The van der Waals surface area contributed by atoms with Gasteiger partial charge in [-0.2, -0.15) is 0 Å². The Morgan fingerprint density at radius 1 is 1.11 bits per heavy atom. The van der Waals surface area contributed by atoms with Crippen LogP contribution in [-0.2, 0) is 10.0 Å². The van der Waals surface area contributed by atoms with Gasteiger partial charge in [-0.15, -0.1) is 0 Å². The molecule has 1 heterocycles.